The largest absolute Gasteiger partial charge is 0.348 e. The van der Waals surface area contributed by atoms with Crippen molar-refractivity contribution in [1.82, 2.24) is 10.6 Å². The van der Waals surface area contributed by atoms with Gasteiger partial charge in [-0.05, 0) is 18.6 Å². The van der Waals surface area contributed by atoms with Crippen LogP contribution in [0.25, 0.3) is 0 Å². The quantitative estimate of drug-likeness (QED) is 0.617. The van der Waals surface area contributed by atoms with Gasteiger partial charge in [0.2, 0.25) is 5.91 Å². The molecule has 4 heteroatoms. The average Bonchev–Trinajstić information content (AvgIpc) is 2.29. The molecule has 0 aliphatic heterocycles. The Morgan fingerprint density at radius 2 is 2.24 bits per heavy atom. The molecule has 17 heavy (non-hydrogen) atoms. The number of hydrogen-bond acceptors (Lipinski definition) is 2. The molecule has 0 spiro atoms. The van der Waals surface area contributed by atoms with Gasteiger partial charge in [0.1, 0.15) is 0 Å². The van der Waals surface area contributed by atoms with Gasteiger partial charge in [0.05, 0.1) is 19.1 Å². The SMILES string of the molecule is C#CCNCC(=O)N[C@H](C)c1ccccc1Cl. The minimum absolute atomic E-state index is 0.104. The fourth-order valence-electron chi connectivity index (χ4n) is 1.44. The number of hydrogen-bond donors (Lipinski definition) is 2. The van der Waals surface area contributed by atoms with Crippen LogP contribution in [0.4, 0.5) is 0 Å². The molecule has 1 atom stereocenters. The second kappa shape index (κ2) is 6.95. The average molecular weight is 251 g/mol. The Hall–Kier alpha value is -1.50. The summed E-state index contributed by atoms with van der Waals surface area (Å²) in [4.78, 5) is 11.5. The maximum absolute atomic E-state index is 11.5. The Bertz CT molecular complexity index is 426. The summed E-state index contributed by atoms with van der Waals surface area (Å²) in [6.07, 6.45) is 5.07. The maximum Gasteiger partial charge on any atom is 0.234 e. The third kappa shape index (κ3) is 4.48. The smallest absolute Gasteiger partial charge is 0.234 e. The van der Waals surface area contributed by atoms with Crippen molar-refractivity contribution in [3.05, 3.63) is 34.9 Å². The maximum atomic E-state index is 11.5. The lowest BCUT2D eigenvalue weighted by Crippen LogP contribution is -2.35. The van der Waals surface area contributed by atoms with Crippen LogP contribution in [-0.2, 0) is 4.79 Å². The highest BCUT2D eigenvalue weighted by Gasteiger charge is 2.11. The van der Waals surface area contributed by atoms with Crippen molar-refractivity contribution in [3.8, 4) is 12.3 Å². The molecule has 1 aromatic carbocycles. The Kier molecular flexibility index (Phi) is 5.55. The fraction of sp³-hybridized carbons (Fsp3) is 0.308. The third-order valence-corrected chi connectivity index (χ3v) is 2.61. The van der Waals surface area contributed by atoms with Gasteiger partial charge in [-0.25, -0.2) is 0 Å². The fourth-order valence-corrected chi connectivity index (χ4v) is 1.74. The van der Waals surface area contributed by atoms with Crippen LogP contribution < -0.4 is 10.6 Å². The first-order valence-electron chi connectivity index (χ1n) is 5.33. The Labute approximate surface area is 107 Å². The molecular formula is C13H15ClN2O. The van der Waals surface area contributed by atoms with E-state index < -0.39 is 0 Å². The van der Waals surface area contributed by atoms with Gasteiger partial charge in [-0.15, -0.1) is 6.42 Å². The van der Waals surface area contributed by atoms with Gasteiger partial charge in [0, 0.05) is 5.02 Å². The number of amides is 1. The Morgan fingerprint density at radius 3 is 2.88 bits per heavy atom. The summed E-state index contributed by atoms with van der Waals surface area (Å²) in [7, 11) is 0. The molecule has 3 nitrogen and oxygen atoms in total. The molecule has 1 rings (SSSR count). The third-order valence-electron chi connectivity index (χ3n) is 2.26. The number of rotatable bonds is 5. The predicted octanol–water partition coefficient (Wildman–Crippen LogP) is 1.74. The molecule has 2 N–H and O–H groups in total. The van der Waals surface area contributed by atoms with E-state index in [0.717, 1.165) is 5.56 Å². The molecule has 0 heterocycles. The van der Waals surface area contributed by atoms with Gasteiger partial charge in [0.25, 0.3) is 0 Å². The highest BCUT2D eigenvalue weighted by Crippen LogP contribution is 2.21. The van der Waals surface area contributed by atoms with Crippen molar-refractivity contribution >= 4 is 17.5 Å². The van der Waals surface area contributed by atoms with E-state index in [1.165, 1.54) is 0 Å². The lowest BCUT2D eigenvalue weighted by Gasteiger charge is -2.15. The van der Waals surface area contributed by atoms with Crippen LogP contribution in [-0.4, -0.2) is 19.0 Å². The molecule has 0 unspecified atom stereocenters. The number of nitrogens with one attached hydrogen (secondary N) is 2. The predicted molar refractivity (Wildman–Crippen MR) is 69.7 cm³/mol. The van der Waals surface area contributed by atoms with Crippen molar-refractivity contribution in [2.24, 2.45) is 0 Å². The summed E-state index contributed by atoms with van der Waals surface area (Å²) in [5.74, 6) is 2.30. The first-order valence-corrected chi connectivity index (χ1v) is 5.71. The molecule has 0 radical (unpaired) electrons. The van der Waals surface area contributed by atoms with E-state index in [4.69, 9.17) is 18.0 Å². The van der Waals surface area contributed by atoms with Gasteiger partial charge in [0.15, 0.2) is 0 Å². The molecule has 0 saturated carbocycles. The summed E-state index contributed by atoms with van der Waals surface area (Å²) < 4.78 is 0. The zero-order chi connectivity index (χ0) is 12.7. The Morgan fingerprint density at radius 1 is 1.53 bits per heavy atom. The van der Waals surface area contributed by atoms with E-state index in [1.54, 1.807) is 6.07 Å². The first kappa shape index (κ1) is 13.6. The van der Waals surface area contributed by atoms with E-state index in [1.807, 2.05) is 25.1 Å². The standard InChI is InChI=1S/C13H15ClN2O/c1-3-8-15-9-13(17)16-10(2)11-6-4-5-7-12(11)14/h1,4-7,10,15H,8-9H2,2H3,(H,16,17)/t10-/m1/s1. The van der Waals surface area contributed by atoms with Crippen molar-refractivity contribution in [3.63, 3.8) is 0 Å². The number of carbonyl (C=O) groups is 1. The zero-order valence-electron chi connectivity index (χ0n) is 9.66. The molecule has 0 fully saturated rings. The highest BCUT2D eigenvalue weighted by molar-refractivity contribution is 6.31. The van der Waals surface area contributed by atoms with Crippen LogP contribution in [0, 0.1) is 12.3 Å². The lowest BCUT2D eigenvalue weighted by molar-refractivity contribution is -0.120. The summed E-state index contributed by atoms with van der Waals surface area (Å²) in [5.41, 5.74) is 0.902. The molecule has 0 bridgehead atoms. The summed E-state index contributed by atoms with van der Waals surface area (Å²) >= 11 is 6.04. The van der Waals surface area contributed by atoms with E-state index in [9.17, 15) is 4.79 Å². The van der Waals surface area contributed by atoms with Crippen LogP contribution in [0.15, 0.2) is 24.3 Å². The number of benzene rings is 1. The molecular weight excluding hydrogens is 236 g/mol. The molecule has 0 aliphatic rings. The van der Waals surface area contributed by atoms with Gasteiger partial charge in [-0.1, -0.05) is 35.7 Å². The van der Waals surface area contributed by atoms with E-state index >= 15 is 0 Å². The molecule has 0 aromatic heterocycles. The minimum Gasteiger partial charge on any atom is -0.348 e. The summed E-state index contributed by atoms with van der Waals surface area (Å²) in [6.45, 7) is 2.48. The van der Waals surface area contributed by atoms with Crippen molar-refractivity contribution < 1.29 is 4.79 Å². The van der Waals surface area contributed by atoms with Crippen molar-refractivity contribution in [2.75, 3.05) is 13.1 Å². The number of carbonyl (C=O) groups excluding carboxylic acids is 1. The van der Waals surface area contributed by atoms with Gasteiger partial charge < -0.3 is 5.32 Å². The van der Waals surface area contributed by atoms with E-state index in [2.05, 4.69) is 16.6 Å². The minimum atomic E-state index is -0.121. The molecule has 0 saturated heterocycles. The first-order chi connectivity index (χ1) is 8.15. The van der Waals surface area contributed by atoms with E-state index in [-0.39, 0.29) is 18.5 Å². The lowest BCUT2D eigenvalue weighted by atomic mass is 10.1. The molecule has 1 amide bonds. The second-order valence-electron chi connectivity index (χ2n) is 3.62. The highest BCUT2D eigenvalue weighted by atomic mass is 35.5. The number of halogens is 1. The van der Waals surface area contributed by atoms with Crippen LogP contribution in [0.5, 0.6) is 0 Å². The van der Waals surface area contributed by atoms with Crippen molar-refractivity contribution in [1.29, 1.82) is 0 Å². The second-order valence-corrected chi connectivity index (χ2v) is 4.03. The summed E-state index contributed by atoms with van der Waals surface area (Å²) in [6, 6.07) is 7.32. The van der Waals surface area contributed by atoms with Crippen molar-refractivity contribution in [2.45, 2.75) is 13.0 Å². The normalized spacial score (nSPS) is 11.6. The molecule has 1 aromatic rings. The monoisotopic (exact) mass is 250 g/mol. The topological polar surface area (TPSA) is 41.1 Å². The van der Waals surface area contributed by atoms with Crippen LogP contribution in [0.3, 0.4) is 0 Å². The van der Waals surface area contributed by atoms with Crippen LogP contribution in [0.2, 0.25) is 5.02 Å². The summed E-state index contributed by atoms with van der Waals surface area (Å²) in [5, 5.41) is 6.32. The van der Waals surface area contributed by atoms with E-state index in [0.29, 0.717) is 11.6 Å². The van der Waals surface area contributed by atoms with Gasteiger partial charge in [-0.3, -0.25) is 10.1 Å². The molecule has 90 valence electrons. The van der Waals surface area contributed by atoms with Crippen LogP contribution >= 0.6 is 11.6 Å². The number of terminal acetylenes is 1. The molecule has 0 aliphatic carbocycles. The zero-order valence-corrected chi connectivity index (χ0v) is 10.4. The Balaban J connectivity index is 2.50. The van der Waals surface area contributed by atoms with Gasteiger partial charge >= 0.3 is 0 Å². The van der Waals surface area contributed by atoms with Gasteiger partial charge in [-0.2, -0.15) is 0 Å². The van der Waals surface area contributed by atoms with Crippen LogP contribution in [0.1, 0.15) is 18.5 Å².